The van der Waals surface area contributed by atoms with Gasteiger partial charge in [-0.05, 0) is 73.4 Å². The van der Waals surface area contributed by atoms with Crippen molar-refractivity contribution < 1.29 is 9.53 Å². The molecule has 0 aromatic rings. The number of likely N-dealkylation sites (N-methyl/N-ethyl adjacent to an activating group) is 1. The first-order valence-electron chi connectivity index (χ1n) is 8.22. The summed E-state index contributed by atoms with van der Waals surface area (Å²) in [6.07, 6.45) is 3.96. The maximum atomic E-state index is 12.3. The SMILES string of the molecule is CCNC1(C(=O)OCC)CCC(N(C)CCCN(C)C)C1. The van der Waals surface area contributed by atoms with Crippen LogP contribution >= 0.6 is 0 Å². The third kappa shape index (κ3) is 5.24. The molecule has 1 saturated carbocycles. The van der Waals surface area contributed by atoms with Crippen LogP contribution in [0.5, 0.6) is 0 Å². The molecule has 0 aliphatic heterocycles. The van der Waals surface area contributed by atoms with E-state index in [1.165, 1.54) is 0 Å². The summed E-state index contributed by atoms with van der Waals surface area (Å²) in [7, 11) is 6.38. The molecule has 1 fully saturated rings. The lowest BCUT2D eigenvalue weighted by atomic mass is 9.97. The van der Waals surface area contributed by atoms with E-state index in [9.17, 15) is 4.79 Å². The van der Waals surface area contributed by atoms with E-state index in [-0.39, 0.29) is 5.97 Å². The van der Waals surface area contributed by atoms with E-state index in [2.05, 4.69) is 43.2 Å². The molecule has 1 aliphatic rings. The fourth-order valence-corrected chi connectivity index (χ4v) is 3.24. The molecular formula is C16H33N3O2. The summed E-state index contributed by atoms with van der Waals surface area (Å²) in [4.78, 5) is 16.9. The molecule has 21 heavy (non-hydrogen) atoms. The van der Waals surface area contributed by atoms with Crippen molar-refractivity contribution in [2.24, 2.45) is 0 Å². The van der Waals surface area contributed by atoms with Gasteiger partial charge in [0, 0.05) is 6.04 Å². The molecule has 5 nitrogen and oxygen atoms in total. The zero-order valence-electron chi connectivity index (χ0n) is 14.4. The van der Waals surface area contributed by atoms with E-state index < -0.39 is 5.54 Å². The number of carbonyl (C=O) groups is 1. The Bertz CT molecular complexity index is 323. The van der Waals surface area contributed by atoms with Crippen LogP contribution in [0.2, 0.25) is 0 Å². The van der Waals surface area contributed by atoms with Crippen LogP contribution in [0.4, 0.5) is 0 Å². The number of nitrogens with zero attached hydrogens (tertiary/aromatic N) is 2. The van der Waals surface area contributed by atoms with Gasteiger partial charge in [0.1, 0.15) is 5.54 Å². The van der Waals surface area contributed by atoms with Crippen molar-refractivity contribution in [1.82, 2.24) is 15.1 Å². The molecule has 0 bridgehead atoms. The zero-order chi connectivity index (χ0) is 15.9. The highest BCUT2D eigenvalue weighted by atomic mass is 16.5. The van der Waals surface area contributed by atoms with Crippen molar-refractivity contribution >= 4 is 5.97 Å². The highest BCUT2D eigenvalue weighted by molar-refractivity contribution is 5.81. The van der Waals surface area contributed by atoms with Crippen LogP contribution in [0.15, 0.2) is 0 Å². The summed E-state index contributed by atoms with van der Waals surface area (Å²) in [5, 5.41) is 3.39. The lowest BCUT2D eigenvalue weighted by Crippen LogP contribution is -2.52. The van der Waals surface area contributed by atoms with E-state index in [0.29, 0.717) is 12.6 Å². The van der Waals surface area contributed by atoms with Gasteiger partial charge >= 0.3 is 5.97 Å². The van der Waals surface area contributed by atoms with Gasteiger partial charge in [0.15, 0.2) is 0 Å². The van der Waals surface area contributed by atoms with Gasteiger partial charge in [-0.15, -0.1) is 0 Å². The van der Waals surface area contributed by atoms with Crippen LogP contribution in [-0.2, 0) is 9.53 Å². The largest absolute Gasteiger partial charge is 0.465 e. The maximum absolute atomic E-state index is 12.3. The molecule has 1 rings (SSSR count). The molecule has 0 radical (unpaired) electrons. The topological polar surface area (TPSA) is 44.8 Å². The minimum absolute atomic E-state index is 0.0731. The van der Waals surface area contributed by atoms with E-state index in [1.807, 2.05) is 6.92 Å². The van der Waals surface area contributed by atoms with Crippen LogP contribution in [0.25, 0.3) is 0 Å². The minimum atomic E-state index is -0.467. The summed E-state index contributed by atoms with van der Waals surface area (Å²) in [6, 6.07) is 0.468. The predicted molar refractivity (Wildman–Crippen MR) is 86.5 cm³/mol. The summed E-state index contributed by atoms with van der Waals surface area (Å²) >= 11 is 0. The summed E-state index contributed by atoms with van der Waals surface area (Å²) in [5.74, 6) is -0.0731. The predicted octanol–water partition coefficient (Wildman–Crippen LogP) is 1.33. The van der Waals surface area contributed by atoms with E-state index >= 15 is 0 Å². The van der Waals surface area contributed by atoms with Crippen molar-refractivity contribution in [2.75, 3.05) is 47.4 Å². The quantitative estimate of drug-likeness (QED) is 0.651. The Labute approximate surface area is 130 Å². The standard InChI is InChI=1S/C16H33N3O2/c1-6-17-16(15(20)21-7-2)10-9-14(13-16)19(5)12-8-11-18(3)4/h14,17H,6-13H2,1-5H3. The first kappa shape index (κ1) is 18.4. The highest BCUT2D eigenvalue weighted by Gasteiger charge is 2.46. The number of hydrogen-bond donors (Lipinski definition) is 1. The van der Waals surface area contributed by atoms with Gasteiger partial charge in [-0.2, -0.15) is 0 Å². The number of rotatable bonds is 9. The van der Waals surface area contributed by atoms with Gasteiger partial charge in [-0.3, -0.25) is 4.79 Å². The van der Waals surface area contributed by atoms with Gasteiger partial charge in [0.2, 0.25) is 0 Å². The van der Waals surface area contributed by atoms with Gasteiger partial charge in [0.25, 0.3) is 0 Å². The smallest absolute Gasteiger partial charge is 0.326 e. The number of carbonyl (C=O) groups excluding carboxylic acids is 1. The Kier molecular flexibility index (Phi) is 7.63. The molecule has 5 heteroatoms. The molecule has 2 unspecified atom stereocenters. The Morgan fingerprint density at radius 1 is 1.29 bits per heavy atom. The van der Waals surface area contributed by atoms with Crippen molar-refractivity contribution in [3.8, 4) is 0 Å². The monoisotopic (exact) mass is 299 g/mol. The zero-order valence-corrected chi connectivity index (χ0v) is 14.4. The molecule has 2 atom stereocenters. The van der Waals surface area contributed by atoms with E-state index in [4.69, 9.17) is 4.74 Å². The molecule has 124 valence electrons. The minimum Gasteiger partial charge on any atom is -0.465 e. The normalized spacial score (nSPS) is 25.8. The van der Waals surface area contributed by atoms with Gasteiger partial charge in [0.05, 0.1) is 6.61 Å². The lowest BCUT2D eigenvalue weighted by molar-refractivity contribution is -0.151. The van der Waals surface area contributed by atoms with Crippen molar-refractivity contribution in [3.63, 3.8) is 0 Å². The fourth-order valence-electron chi connectivity index (χ4n) is 3.24. The molecule has 0 amide bonds. The Balaban J connectivity index is 2.55. The van der Waals surface area contributed by atoms with Gasteiger partial charge in [-0.25, -0.2) is 0 Å². The maximum Gasteiger partial charge on any atom is 0.326 e. The summed E-state index contributed by atoms with van der Waals surface area (Å²) in [6.45, 7) is 7.36. The lowest BCUT2D eigenvalue weighted by Gasteiger charge is -2.30. The third-order valence-electron chi connectivity index (χ3n) is 4.41. The Hall–Kier alpha value is -0.650. The first-order chi connectivity index (χ1) is 9.95. The summed E-state index contributed by atoms with van der Waals surface area (Å²) in [5.41, 5.74) is -0.467. The molecule has 0 aromatic heterocycles. The molecule has 0 spiro atoms. The number of ether oxygens (including phenoxy) is 1. The van der Waals surface area contributed by atoms with Crippen molar-refractivity contribution in [3.05, 3.63) is 0 Å². The summed E-state index contributed by atoms with van der Waals surface area (Å²) < 4.78 is 5.30. The molecule has 0 saturated heterocycles. The number of esters is 1. The van der Waals surface area contributed by atoms with Gasteiger partial charge in [-0.1, -0.05) is 6.92 Å². The first-order valence-corrected chi connectivity index (χ1v) is 8.22. The molecule has 0 heterocycles. The number of nitrogens with one attached hydrogen (secondary N) is 1. The van der Waals surface area contributed by atoms with Crippen LogP contribution in [0.3, 0.4) is 0 Å². The second-order valence-electron chi connectivity index (χ2n) is 6.37. The third-order valence-corrected chi connectivity index (χ3v) is 4.41. The second kappa shape index (κ2) is 8.71. The highest BCUT2D eigenvalue weighted by Crippen LogP contribution is 2.34. The second-order valence-corrected chi connectivity index (χ2v) is 6.37. The van der Waals surface area contributed by atoms with Crippen LogP contribution in [0, 0.1) is 0 Å². The molecule has 1 N–H and O–H groups in total. The molecule has 1 aliphatic carbocycles. The van der Waals surface area contributed by atoms with E-state index in [1.54, 1.807) is 0 Å². The number of hydrogen-bond acceptors (Lipinski definition) is 5. The fraction of sp³-hybridized carbons (Fsp3) is 0.938. The Morgan fingerprint density at radius 3 is 2.57 bits per heavy atom. The van der Waals surface area contributed by atoms with Crippen LogP contribution in [0.1, 0.15) is 39.5 Å². The average Bonchev–Trinajstić information content (AvgIpc) is 2.84. The van der Waals surface area contributed by atoms with Crippen molar-refractivity contribution in [1.29, 1.82) is 0 Å². The van der Waals surface area contributed by atoms with Crippen LogP contribution in [-0.4, -0.2) is 74.7 Å². The molecular weight excluding hydrogens is 266 g/mol. The molecule has 0 aromatic carbocycles. The Morgan fingerprint density at radius 2 is 2.00 bits per heavy atom. The average molecular weight is 299 g/mol. The van der Waals surface area contributed by atoms with E-state index in [0.717, 1.165) is 45.3 Å². The van der Waals surface area contributed by atoms with Crippen LogP contribution < -0.4 is 5.32 Å². The van der Waals surface area contributed by atoms with Crippen molar-refractivity contribution in [2.45, 2.75) is 51.1 Å². The van der Waals surface area contributed by atoms with Gasteiger partial charge < -0.3 is 19.9 Å².